The summed E-state index contributed by atoms with van der Waals surface area (Å²) in [6, 6.07) is 5.94. The van der Waals surface area contributed by atoms with Gasteiger partial charge in [0.05, 0.1) is 24.9 Å². The van der Waals surface area contributed by atoms with Crippen LogP contribution in [-0.2, 0) is 17.7 Å². The maximum absolute atomic E-state index is 12.8. The van der Waals surface area contributed by atoms with Gasteiger partial charge in [0.15, 0.2) is 0 Å². The lowest BCUT2D eigenvalue weighted by molar-refractivity contribution is 0.0914. The third kappa shape index (κ3) is 4.07. The van der Waals surface area contributed by atoms with E-state index in [0.717, 1.165) is 12.1 Å². The van der Waals surface area contributed by atoms with Crippen LogP contribution in [0.4, 0.5) is 0 Å². The van der Waals surface area contributed by atoms with E-state index in [4.69, 9.17) is 4.74 Å². The summed E-state index contributed by atoms with van der Waals surface area (Å²) in [5.41, 5.74) is 2.79. The molecule has 1 amide bonds. The molecule has 0 unspecified atom stereocenters. The molecule has 1 N–H and O–H groups in total. The molecule has 3 heterocycles. The minimum atomic E-state index is -0.0727. The second-order valence-electron chi connectivity index (χ2n) is 6.86. The molecule has 6 heteroatoms. The molecule has 2 atom stereocenters. The van der Waals surface area contributed by atoms with Crippen LogP contribution < -0.4 is 5.32 Å². The van der Waals surface area contributed by atoms with Crippen molar-refractivity contribution in [2.45, 2.75) is 45.7 Å². The van der Waals surface area contributed by atoms with Crippen LogP contribution in [-0.4, -0.2) is 39.9 Å². The topological polar surface area (TPSA) is 69.0 Å². The molecule has 1 aliphatic rings. The van der Waals surface area contributed by atoms with Crippen molar-refractivity contribution >= 4 is 5.91 Å². The van der Waals surface area contributed by atoms with Gasteiger partial charge in [-0.3, -0.25) is 14.5 Å². The van der Waals surface area contributed by atoms with Crippen molar-refractivity contribution in [2.75, 3.05) is 13.2 Å². The zero-order valence-electron chi connectivity index (χ0n) is 15.1. The Kier molecular flexibility index (Phi) is 5.48. The average molecular weight is 342 g/mol. The SMILES string of the molecule is CCn1nc(C(C)C)cc1C(=O)N[C@@H]1COC[C@H]1Cc1ccncc1. The summed E-state index contributed by atoms with van der Waals surface area (Å²) in [5, 5.41) is 7.68. The predicted molar refractivity (Wildman–Crippen MR) is 95.5 cm³/mol. The molecule has 2 aromatic rings. The maximum Gasteiger partial charge on any atom is 0.269 e. The van der Waals surface area contributed by atoms with Crippen molar-refractivity contribution in [2.24, 2.45) is 5.92 Å². The minimum absolute atomic E-state index is 0.0170. The highest BCUT2D eigenvalue weighted by atomic mass is 16.5. The van der Waals surface area contributed by atoms with Crippen LogP contribution in [0.2, 0.25) is 0 Å². The molecule has 0 spiro atoms. The van der Waals surface area contributed by atoms with Crippen molar-refractivity contribution < 1.29 is 9.53 Å². The molecule has 25 heavy (non-hydrogen) atoms. The second kappa shape index (κ2) is 7.78. The van der Waals surface area contributed by atoms with Crippen LogP contribution in [0.15, 0.2) is 30.6 Å². The Morgan fingerprint density at radius 3 is 2.80 bits per heavy atom. The largest absolute Gasteiger partial charge is 0.379 e. The number of nitrogens with zero attached hydrogens (tertiary/aromatic N) is 3. The van der Waals surface area contributed by atoms with Gasteiger partial charge in [0, 0.05) is 24.9 Å². The van der Waals surface area contributed by atoms with Gasteiger partial charge < -0.3 is 10.1 Å². The first-order valence-electron chi connectivity index (χ1n) is 8.93. The van der Waals surface area contributed by atoms with Crippen LogP contribution in [0.3, 0.4) is 0 Å². The fraction of sp³-hybridized carbons (Fsp3) is 0.526. The van der Waals surface area contributed by atoms with E-state index in [1.165, 1.54) is 5.56 Å². The molecular weight excluding hydrogens is 316 g/mol. The number of pyridine rings is 1. The van der Waals surface area contributed by atoms with Crippen molar-refractivity contribution in [3.63, 3.8) is 0 Å². The summed E-state index contributed by atoms with van der Waals surface area (Å²) >= 11 is 0. The molecule has 1 aliphatic heterocycles. The highest BCUT2D eigenvalue weighted by Gasteiger charge is 2.30. The highest BCUT2D eigenvalue weighted by molar-refractivity contribution is 5.93. The van der Waals surface area contributed by atoms with Gasteiger partial charge in [0.2, 0.25) is 0 Å². The van der Waals surface area contributed by atoms with E-state index in [-0.39, 0.29) is 17.9 Å². The Morgan fingerprint density at radius 1 is 1.36 bits per heavy atom. The van der Waals surface area contributed by atoms with Gasteiger partial charge in [-0.15, -0.1) is 0 Å². The van der Waals surface area contributed by atoms with Gasteiger partial charge in [0.1, 0.15) is 5.69 Å². The number of carbonyl (C=O) groups excluding carboxylic acids is 1. The molecule has 134 valence electrons. The standard InChI is InChI=1S/C19H26N4O2/c1-4-23-18(10-16(22-23)13(2)3)19(24)21-17-12-25-11-15(17)9-14-5-7-20-8-6-14/h5-8,10,13,15,17H,4,9,11-12H2,1-3H3,(H,21,24)/t15-,17-/m1/s1. The Hall–Kier alpha value is -2.21. The molecule has 0 bridgehead atoms. The number of aromatic nitrogens is 3. The summed E-state index contributed by atoms with van der Waals surface area (Å²) in [6.07, 6.45) is 4.47. The summed E-state index contributed by atoms with van der Waals surface area (Å²) in [5.74, 6) is 0.499. The molecule has 2 aromatic heterocycles. The first-order chi connectivity index (χ1) is 12.1. The normalized spacial score (nSPS) is 20.2. The molecule has 1 saturated heterocycles. The molecule has 0 aromatic carbocycles. The fourth-order valence-corrected chi connectivity index (χ4v) is 3.17. The number of hydrogen-bond donors (Lipinski definition) is 1. The van der Waals surface area contributed by atoms with Crippen molar-refractivity contribution in [1.29, 1.82) is 0 Å². The Morgan fingerprint density at radius 2 is 2.12 bits per heavy atom. The van der Waals surface area contributed by atoms with Crippen LogP contribution >= 0.6 is 0 Å². The lowest BCUT2D eigenvalue weighted by Crippen LogP contribution is -2.41. The van der Waals surface area contributed by atoms with E-state index in [1.54, 1.807) is 17.1 Å². The second-order valence-corrected chi connectivity index (χ2v) is 6.86. The van der Waals surface area contributed by atoms with Gasteiger partial charge in [-0.25, -0.2) is 0 Å². The van der Waals surface area contributed by atoms with E-state index < -0.39 is 0 Å². The average Bonchev–Trinajstić information content (AvgIpc) is 3.23. The smallest absolute Gasteiger partial charge is 0.269 e. The van der Waals surface area contributed by atoms with Crippen LogP contribution in [0.25, 0.3) is 0 Å². The molecule has 1 fully saturated rings. The summed E-state index contributed by atoms with van der Waals surface area (Å²) in [7, 11) is 0. The fourth-order valence-electron chi connectivity index (χ4n) is 3.17. The predicted octanol–water partition coefficient (Wildman–Crippen LogP) is 2.41. The Balaban J connectivity index is 1.69. The summed E-state index contributed by atoms with van der Waals surface area (Å²) in [6.45, 7) is 8.06. The van der Waals surface area contributed by atoms with Crippen LogP contribution in [0.1, 0.15) is 48.4 Å². The van der Waals surface area contributed by atoms with Crippen LogP contribution in [0.5, 0.6) is 0 Å². The number of rotatable bonds is 6. The number of carbonyl (C=O) groups is 1. The molecular formula is C19H26N4O2. The molecule has 3 rings (SSSR count). The number of hydrogen-bond acceptors (Lipinski definition) is 4. The zero-order chi connectivity index (χ0) is 17.8. The van der Waals surface area contributed by atoms with E-state index in [2.05, 4.69) is 29.2 Å². The van der Waals surface area contributed by atoms with E-state index in [1.807, 2.05) is 25.1 Å². The third-order valence-corrected chi connectivity index (χ3v) is 4.68. The third-order valence-electron chi connectivity index (χ3n) is 4.68. The first-order valence-corrected chi connectivity index (χ1v) is 8.93. The van der Waals surface area contributed by atoms with Gasteiger partial charge in [-0.1, -0.05) is 13.8 Å². The number of nitrogens with one attached hydrogen (secondary N) is 1. The summed E-state index contributed by atoms with van der Waals surface area (Å²) < 4.78 is 7.40. The number of amides is 1. The monoisotopic (exact) mass is 342 g/mol. The lowest BCUT2D eigenvalue weighted by atomic mass is 9.95. The van der Waals surface area contributed by atoms with Gasteiger partial charge >= 0.3 is 0 Å². The van der Waals surface area contributed by atoms with E-state index in [9.17, 15) is 4.79 Å². The molecule has 0 saturated carbocycles. The first kappa shape index (κ1) is 17.6. The van der Waals surface area contributed by atoms with Crippen molar-refractivity contribution in [3.8, 4) is 0 Å². The Bertz CT molecular complexity index is 711. The molecule has 6 nitrogen and oxygen atoms in total. The zero-order valence-corrected chi connectivity index (χ0v) is 15.1. The maximum atomic E-state index is 12.8. The number of aryl methyl sites for hydroxylation is 1. The van der Waals surface area contributed by atoms with Gasteiger partial charge in [0.25, 0.3) is 5.91 Å². The summed E-state index contributed by atoms with van der Waals surface area (Å²) in [4.78, 5) is 16.8. The van der Waals surface area contributed by atoms with Crippen molar-refractivity contribution in [1.82, 2.24) is 20.1 Å². The van der Waals surface area contributed by atoms with E-state index in [0.29, 0.717) is 31.4 Å². The molecule has 0 radical (unpaired) electrons. The van der Waals surface area contributed by atoms with Gasteiger partial charge in [-0.2, -0.15) is 5.10 Å². The Labute approximate surface area is 148 Å². The quantitative estimate of drug-likeness (QED) is 0.875. The lowest BCUT2D eigenvalue weighted by Gasteiger charge is -2.19. The van der Waals surface area contributed by atoms with Crippen molar-refractivity contribution in [3.05, 3.63) is 47.5 Å². The number of ether oxygens (including phenoxy) is 1. The highest BCUT2D eigenvalue weighted by Crippen LogP contribution is 2.20. The van der Waals surface area contributed by atoms with E-state index >= 15 is 0 Å². The molecule has 0 aliphatic carbocycles. The van der Waals surface area contributed by atoms with Crippen LogP contribution in [0, 0.1) is 5.92 Å². The minimum Gasteiger partial charge on any atom is -0.379 e. The van der Waals surface area contributed by atoms with Gasteiger partial charge in [-0.05, 0) is 43.0 Å².